The fourth-order valence-electron chi connectivity index (χ4n) is 3.90. The summed E-state index contributed by atoms with van der Waals surface area (Å²) in [4.78, 5) is 15.8. The van der Waals surface area contributed by atoms with Crippen LogP contribution in [0, 0.1) is 5.82 Å². The Morgan fingerprint density at radius 3 is 2.28 bits per heavy atom. The van der Waals surface area contributed by atoms with Crippen LogP contribution in [0.4, 0.5) is 22.0 Å². The minimum atomic E-state index is -4.68. The normalized spacial score (nSPS) is 20.6. The lowest BCUT2D eigenvalue weighted by Gasteiger charge is -2.47. The number of hydrogen-bond acceptors (Lipinski definition) is 3. The fraction of sp³-hybridized carbons (Fsp3) is 0.217. The number of nitrogens with two attached hydrogens (primary N) is 1. The van der Waals surface area contributed by atoms with Gasteiger partial charge in [-0.05, 0) is 40.5 Å². The van der Waals surface area contributed by atoms with Crippen molar-refractivity contribution in [3.63, 3.8) is 0 Å². The Labute approximate surface area is 179 Å². The molecule has 166 valence electrons. The molecule has 0 bridgehead atoms. The van der Waals surface area contributed by atoms with Crippen molar-refractivity contribution in [3.05, 3.63) is 89.0 Å². The summed E-state index contributed by atoms with van der Waals surface area (Å²) in [5.41, 5.74) is 4.93. The number of hydrogen-bond donors (Lipinski definition) is 1. The molecule has 1 fully saturated rings. The summed E-state index contributed by atoms with van der Waals surface area (Å²) in [6.45, 7) is -1.09. The Bertz CT molecular complexity index is 1150. The fourth-order valence-corrected chi connectivity index (χ4v) is 3.90. The van der Waals surface area contributed by atoms with E-state index in [9.17, 15) is 26.7 Å². The average Bonchev–Trinajstić information content (AvgIpc) is 2.74. The molecule has 4 rings (SSSR count). The second-order valence-corrected chi connectivity index (χ2v) is 7.51. The molecule has 4 nitrogen and oxygen atoms in total. The molecule has 2 heterocycles. The first-order valence-electron chi connectivity index (χ1n) is 9.57. The molecule has 0 spiro atoms. The van der Waals surface area contributed by atoms with Crippen LogP contribution in [0.15, 0.2) is 60.8 Å². The molecule has 2 aromatic carbocycles. The minimum Gasteiger partial charge on any atom is -0.370 e. The predicted octanol–water partition coefficient (Wildman–Crippen LogP) is 4.87. The van der Waals surface area contributed by atoms with Crippen molar-refractivity contribution in [3.8, 4) is 11.1 Å². The Balaban J connectivity index is 1.70. The SMILES string of the molecule is NC(=O)C1(c2ccc(-c3cnc(C(F)(F)F)cc3CF)cc2)COC1c1ccc(F)cc1. The maximum Gasteiger partial charge on any atom is 0.433 e. The molecule has 0 saturated carbocycles. The first kappa shape index (κ1) is 21.9. The first-order chi connectivity index (χ1) is 15.2. The van der Waals surface area contributed by atoms with Crippen LogP contribution in [0.5, 0.6) is 0 Å². The van der Waals surface area contributed by atoms with Crippen molar-refractivity contribution in [1.82, 2.24) is 4.98 Å². The van der Waals surface area contributed by atoms with Crippen LogP contribution in [0.3, 0.4) is 0 Å². The van der Waals surface area contributed by atoms with Crippen molar-refractivity contribution < 1.29 is 31.5 Å². The highest BCUT2D eigenvalue weighted by Gasteiger charge is 2.55. The van der Waals surface area contributed by atoms with Crippen LogP contribution in [0.1, 0.15) is 28.5 Å². The van der Waals surface area contributed by atoms with Gasteiger partial charge in [0.05, 0.1) is 6.61 Å². The molecule has 3 aromatic rings. The van der Waals surface area contributed by atoms with Crippen molar-refractivity contribution in [1.29, 1.82) is 0 Å². The van der Waals surface area contributed by atoms with Crippen molar-refractivity contribution in [2.75, 3.05) is 6.61 Å². The number of benzene rings is 2. The molecule has 0 radical (unpaired) electrons. The van der Waals surface area contributed by atoms with E-state index in [0.29, 0.717) is 22.8 Å². The van der Waals surface area contributed by atoms with E-state index in [0.717, 1.165) is 6.20 Å². The second kappa shape index (κ2) is 7.98. The monoisotopic (exact) mass is 448 g/mol. The highest BCUT2D eigenvalue weighted by Crippen LogP contribution is 2.48. The second-order valence-electron chi connectivity index (χ2n) is 7.51. The van der Waals surface area contributed by atoms with Gasteiger partial charge in [-0.25, -0.2) is 8.78 Å². The summed E-state index contributed by atoms with van der Waals surface area (Å²) in [7, 11) is 0. The molecule has 2 atom stereocenters. The van der Waals surface area contributed by atoms with Gasteiger partial charge in [0, 0.05) is 11.8 Å². The van der Waals surface area contributed by atoms with Gasteiger partial charge in [0.1, 0.15) is 29.7 Å². The third-order valence-corrected chi connectivity index (χ3v) is 5.67. The van der Waals surface area contributed by atoms with Crippen LogP contribution in [0.25, 0.3) is 11.1 Å². The third-order valence-electron chi connectivity index (χ3n) is 5.67. The van der Waals surface area contributed by atoms with Crippen LogP contribution in [-0.4, -0.2) is 17.5 Å². The van der Waals surface area contributed by atoms with Crippen LogP contribution in [0.2, 0.25) is 0 Å². The Morgan fingerprint density at radius 1 is 1.12 bits per heavy atom. The van der Waals surface area contributed by atoms with Crippen molar-refractivity contribution >= 4 is 5.91 Å². The van der Waals surface area contributed by atoms with E-state index in [1.165, 1.54) is 24.3 Å². The molecule has 1 saturated heterocycles. The molecular formula is C23H17F5N2O2. The van der Waals surface area contributed by atoms with Crippen molar-refractivity contribution in [2.45, 2.75) is 24.4 Å². The van der Waals surface area contributed by atoms with Gasteiger partial charge in [-0.1, -0.05) is 36.4 Å². The Kier molecular flexibility index (Phi) is 5.46. The van der Waals surface area contributed by atoms with Crippen LogP contribution < -0.4 is 5.73 Å². The maximum absolute atomic E-state index is 13.4. The van der Waals surface area contributed by atoms with Gasteiger partial charge in [0.25, 0.3) is 0 Å². The number of rotatable bonds is 5. The van der Waals surface area contributed by atoms with Gasteiger partial charge in [-0.2, -0.15) is 13.2 Å². The number of halogens is 5. The summed E-state index contributed by atoms with van der Waals surface area (Å²) in [6, 6.07) is 12.5. The average molecular weight is 448 g/mol. The third kappa shape index (κ3) is 3.62. The number of primary amides is 1. The van der Waals surface area contributed by atoms with Gasteiger partial charge in [0.2, 0.25) is 5.91 Å². The number of carbonyl (C=O) groups is 1. The predicted molar refractivity (Wildman–Crippen MR) is 105 cm³/mol. The first-order valence-corrected chi connectivity index (χ1v) is 9.57. The van der Waals surface area contributed by atoms with E-state index in [4.69, 9.17) is 10.5 Å². The number of amides is 1. The zero-order valence-electron chi connectivity index (χ0n) is 16.5. The van der Waals surface area contributed by atoms with E-state index in [-0.39, 0.29) is 17.7 Å². The molecule has 2 unspecified atom stereocenters. The zero-order valence-corrected chi connectivity index (χ0v) is 16.5. The molecule has 1 aliphatic rings. The topological polar surface area (TPSA) is 65.2 Å². The summed E-state index contributed by atoms with van der Waals surface area (Å²) in [5, 5.41) is 0. The molecule has 32 heavy (non-hydrogen) atoms. The Hall–Kier alpha value is -3.33. The maximum atomic E-state index is 13.4. The van der Waals surface area contributed by atoms with E-state index in [1.807, 2.05) is 0 Å². The van der Waals surface area contributed by atoms with Crippen LogP contribution in [-0.2, 0) is 27.8 Å². The van der Waals surface area contributed by atoms with Gasteiger partial charge in [-0.3, -0.25) is 9.78 Å². The summed E-state index contributed by atoms with van der Waals surface area (Å²) >= 11 is 0. The van der Waals surface area contributed by atoms with E-state index in [2.05, 4.69) is 4.98 Å². The molecule has 1 aromatic heterocycles. The highest BCUT2D eigenvalue weighted by atomic mass is 19.4. The van der Waals surface area contributed by atoms with Gasteiger partial charge in [0.15, 0.2) is 0 Å². The number of aromatic nitrogens is 1. The summed E-state index contributed by atoms with van der Waals surface area (Å²) < 4.78 is 71.0. The number of ether oxygens (including phenoxy) is 1. The number of pyridine rings is 1. The standard InChI is InChI=1S/C23H17F5N2O2/c24-10-15-9-19(23(26,27)28)30-11-18(15)13-1-5-16(6-2-13)22(21(29)31)12-32-20(22)14-3-7-17(25)8-4-14/h1-9,11,20H,10,12H2,(H2,29,31). The van der Waals surface area contributed by atoms with Gasteiger partial charge in [-0.15, -0.1) is 0 Å². The largest absolute Gasteiger partial charge is 0.433 e. The lowest BCUT2D eigenvalue weighted by Crippen LogP contribution is -2.58. The smallest absolute Gasteiger partial charge is 0.370 e. The number of carbonyl (C=O) groups excluding carboxylic acids is 1. The van der Waals surface area contributed by atoms with E-state index in [1.54, 1.807) is 24.3 Å². The van der Waals surface area contributed by atoms with E-state index >= 15 is 0 Å². The molecular weight excluding hydrogens is 431 g/mol. The molecule has 1 amide bonds. The zero-order chi connectivity index (χ0) is 23.1. The van der Waals surface area contributed by atoms with Crippen LogP contribution >= 0.6 is 0 Å². The van der Waals surface area contributed by atoms with Crippen molar-refractivity contribution in [2.24, 2.45) is 5.73 Å². The molecule has 9 heteroatoms. The lowest BCUT2D eigenvalue weighted by molar-refractivity contribution is -0.167. The summed E-state index contributed by atoms with van der Waals surface area (Å²) in [5.74, 6) is -1.07. The number of nitrogens with zero attached hydrogens (tertiary/aromatic N) is 1. The minimum absolute atomic E-state index is 0.0152. The molecule has 1 aliphatic heterocycles. The molecule has 2 N–H and O–H groups in total. The van der Waals surface area contributed by atoms with Gasteiger partial charge < -0.3 is 10.5 Å². The lowest BCUT2D eigenvalue weighted by atomic mass is 9.69. The van der Waals surface area contributed by atoms with Gasteiger partial charge >= 0.3 is 6.18 Å². The quantitative estimate of drug-likeness (QED) is 0.567. The Morgan fingerprint density at radius 2 is 1.78 bits per heavy atom. The number of alkyl halides is 4. The van der Waals surface area contributed by atoms with E-state index < -0.39 is 41.8 Å². The summed E-state index contributed by atoms with van der Waals surface area (Å²) in [6.07, 6.45) is -4.43. The highest BCUT2D eigenvalue weighted by molar-refractivity contribution is 5.89. The molecule has 0 aliphatic carbocycles.